The van der Waals surface area contributed by atoms with Crippen LogP contribution in [0, 0.1) is 0 Å². The number of ether oxygens (including phenoxy) is 1. The Morgan fingerprint density at radius 1 is 0.815 bits per heavy atom. The highest BCUT2D eigenvalue weighted by molar-refractivity contribution is 6.06. The number of carbonyl (C=O) groups is 2. The molecule has 0 aromatic heterocycles. The molecular formula is C24H20O3. The Labute approximate surface area is 158 Å². The highest BCUT2D eigenvalue weighted by Gasteiger charge is 2.01. The maximum Gasteiger partial charge on any atom is 0.308 e. The minimum Gasteiger partial charge on any atom is -0.427 e. The largest absolute Gasteiger partial charge is 0.427 e. The number of rotatable bonds is 6. The van der Waals surface area contributed by atoms with Crippen LogP contribution >= 0.6 is 0 Å². The quantitative estimate of drug-likeness (QED) is 0.267. The summed E-state index contributed by atoms with van der Waals surface area (Å²) in [5.74, 6) is 0.222. The van der Waals surface area contributed by atoms with Crippen LogP contribution in [-0.4, -0.2) is 11.8 Å². The Morgan fingerprint density at radius 3 is 2.00 bits per heavy atom. The highest BCUT2D eigenvalue weighted by atomic mass is 16.5. The fourth-order valence-corrected chi connectivity index (χ4v) is 2.69. The van der Waals surface area contributed by atoms with Crippen LogP contribution in [0.2, 0.25) is 0 Å². The first-order valence-electron chi connectivity index (χ1n) is 8.74. The first kappa shape index (κ1) is 18.3. The third-order valence-corrected chi connectivity index (χ3v) is 4.06. The number of benzene rings is 3. The molecule has 0 saturated carbocycles. The van der Waals surface area contributed by atoms with E-state index in [9.17, 15) is 9.59 Å². The molecule has 3 nitrogen and oxygen atoms in total. The summed E-state index contributed by atoms with van der Waals surface area (Å²) in [6.07, 6.45) is 4.21. The Bertz CT molecular complexity index is 937. The molecule has 0 fully saturated rings. The van der Waals surface area contributed by atoms with E-state index in [1.807, 2.05) is 72.8 Å². The number of esters is 1. The summed E-state index contributed by atoms with van der Waals surface area (Å²) in [4.78, 5) is 23.1. The first-order valence-corrected chi connectivity index (χ1v) is 8.74. The van der Waals surface area contributed by atoms with Gasteiger partial charge in [0.2, 0.25) is 0 Å². The average Bonchev–Trinajstić information content (AvgIpc) is 2.69. The molecule has 0 aliphatic rings. The standard InChI is InChI=1S/C24H20O3/c1-18(25)27-23-14-11-21(12-15-23)17-20-9-7-19(8-10-20)13-16-24(26)22-5-3-2-4-6-22/h2-16H,17H2,1H3/b16-13+. The summed E-state index contributed by atoms with van der Waals surface area (Å²) < 4.78 is 5.04. The predicted octanol–water partition coefficient (Wildman–Crippen LogP) is 5.10. The van der Waals surface area contributed by atoms with Crippen molar-refractivity contribution >= 4 is 17.8 Å². The van der Waals surface area contributed by atoms with Crippen LogP contribution in [0.15, 0.2) is 84.9 Å². The Hall–Kier alpha value is -3.46. The minimum absolute atomic E-state index is 0.00690. The summed E-state index contributed by atoms with van der Waals surface area (Å²) in [5, 5.41) is 0. The van der Waals surface area contributed by atoms with Crippen LogP contribution in [0.3, 0.4) is 0 Å². The average molecular weight is 356 g/mol. The van der Waals surface area contributed by atoms with Gasteiger partial charge in [-0.2, -0.15) is 0 Å². The van der Waals surface area contributed by atoms with Crippen molar-refractivity contribution in [2.45, 2.75) is 13.3 Å². The van der Waals surface area contributed by atoms with Crippen molar-refractivity contribution in [2.75, 3.05) is 0 Å². The van der Waals surface area contributed by atoms with Crippen LogP contribution in [0.1, 0.15) is 34.0 Å². The smallest absolute Gasteiger partial charge is 0.308 e. The zero-order chi connectivity index (χ0) is 19.1. The molecule has 0 bridgehead atoms. The van der Waals surface area contributed by atoms with E-state index in [2.05, 4.69) is 0 Å². The van der Waals surface area contributed by atoms with E-state index in [1.54, 1.807) is 18.2 Å². The van der Waals surface area contributed by atoms with Gasteiger partial charge in [0.15, 0.2) is 5.78 Å². The van der Waals surface area contributed by atoms with E-state index in [4.69, 9.17) is 4.74 Å². The van der Waals surface area contributed by atoms with Crippen molar-refractivity contribution < 1.29 is 14.3 Å². The lowest BCUT2D eigenvalue weighted by atomic mass is 10.0. The van der Waals surface area contributed by atoms with Gasteiger partial charge in [-0.15, -0.1) is 0 Å². The van der Waals surface area contributed by atoms with Crippen LogP contribution in [0.5, 0.6) is 5.75 Å². The Kier molecular flexibility index (Phi) is 5.95. The molecule has 0 aliphatic carbocycles. The first-order chi connectivity index (χ1) is 13.1. The molecule has 0 unspecified atom stereocenters. The topological polar surface area (TPSA) is 43.4 Å². The van der Waals surface area contributed by atoms with Gasteiger partial charge >= 0.3 is 5.97 Å². The molecule has 3 aromatic carbocycles. The van der Waals surface area contributed by atoms with Crippen molar-refractivity contribution in [1.29, 1.82) is 0 Å². The van der Waals surface area contributed by atoms with Crippen molar-refractivity contribution in [3.8, 4) is 5.75 Å². The second kappa shape index (κ2) is 8.77. The lowest BCUT2D eigenvalue weighted by molar-refractivity contribution is -0.131. The molecule has 134 valence electrons. The van der Waals surface area contributed by atoms with E-state index in [0.29, 0.717) is 11.3 Å². The molecule has 3 aromatic rings. The molecule has 0 heterocycles. The van der Waals surface area contributed by atoms with Gasteiger partial charge < -0.3 is 4.74 Å². The lowest BCUT2D eigenvalue weighted by Crippen LogP contribution is -2.01. The third-order valence-electron chi connectivity index (χ3n) is 4.06. The SMILES string of the molecule is CC(=O)Oc1ccc(Cc2ccc(/C=C/C(=O)c3ccccc3)cc2)cc1. The third kappa shape index (κ3) is 5.51. The van der Waals surface area contributed by atoms with Crippen molar-refractivity contribution in [3.05, 3.63) is 107 Å². The van der Waals surface area contributed by atoms with Crippen molar-refractivity contribution in [2.24, 2.45) is 0 Å². The molecule has 3 rings (SSSR count). The summed E-state index contributed by atoms with van der Waals surface area (Å²) in [6, 6.07) is 24.8. The summed E-state index contributed by atoms with van der Waals surface area (Å²) in [7, 11) is 0. The fourth-order valence-electron chi connectivity index (χ4n) is 2.69. The predicted molar refractivity (Wildman–Crippen MR) is 107 cm³/mol. The van der Waals surface area contributed by atoms with Crippen LogP contribution in [-0.2, 0) is 11.2 Å². The molecule has 0 saturated heterocycles. The van der Waals surface area contributed by atoms with Gasteiger partial charge in [-0.3, -0.25) is 9.59 Å². The molecule has 27 heavy (non-hydrogen) atoms. The molecule has 3 heteroatoms. The number of allylic oxidation sites excluding steroid dienone is 1. The van der Waals surface area contributed by atoms with Crippen molar-refractivity contribution in [3.63, 3.8) is 0 Å². The second-order valence-corrected chi connectivity index (χ2v) is 6.22. The normalized spacial score (nSPS) is 10.7. The van der Waals surface area contributed by atoms with E-state index < -0.39 is 0 Å². The number of carbonyl (C=O) groups excluding carboxylic acids is 2. The summed E-state index contributed by atoms with van der Waals surface area (Å²) in [6.45, 7) is 1.39. The maximum atomic E-state index is 12.1. The van der Waals surface area contributed by atoms with Gasteiger partial charge in [0.05, 0.1) is 0 Å². The molecular weight excluding hydrogens is 336 g/mol. The number of hydrogen-bond donors (Lipinski definition) is 0. The highest BCUT2D eigenvalue weighted by Crippen LogP contribution is 2.16. The minimum atomic E-state index is -0.322. The van der Waals surface area contributed by atoms with E-state index in [-0.39, 0.29) is 11.8 Å². The van der Waals surface area contributed by atoms with Crippen LogP contribution in [0.25, 0.3) is 6.08 Å². The van der Waals surface area contributed by atoms with Gasteiger partial charge in [-0.25, -0.2) is 0 Å². The zero-order valence-corrected chi connectivity index (χ0v) is 15.1. The van der Waals surface area contributed by atoms with Crippen LogP contribution in [0.4, 0.5) is 0 Å². The molecule has 0 N–H and O–H groups in total. The number of hydrogen-bond acceptors (Lipinski definition) is 3. The fraction of sp³-hybridized carbons (Fsp3) is 0.0833. The zero-order valence-electron chi connectivity index (χ0n) is 15.1. The van der Waals surface area contributed by atoms with Crippen LogP contribution < -0.4 is 4.74 Å². The molecule has 0 aliphatic heterocycles. The molecule has 0 atom stereocenters. The van der Waals surface area contributed by atoms with E-state index in [1.165, 1.54) is 12.5 Å². The van der Waals surface area contributed by atoms with Gasteiger partial charge in [-0.1, -0.05) is 72.8 Å². The van der Waals surface area contributed by atoms with Crippen molar-refractivity contribution in [1.82, 2.24) is 0 Å². The lowest BCUT2D eigenvalue weighted by Gasteiger charge is -2.05. The monoisotopic (exact) mass is 356 g/mol. The second-order valence-electron chi connectivity index (χ2n) is 6.22. The molecule has 0 spiro atoms. The van der Waals surface area contributed by atoms with E-state index >= 15 is 0 Å². The summed E-state index contributed by atoms with van der Waals surface area (Å²) in [5.41, 5.74) is 3.96. The maximum absolute atomic E-state index is 12.1. The Morgan fingerprint density at radius 2 is 1.41 bits per heavy atom. The summed E-state index contributed by atoms with van der Waals surface area (Å²) >= 11 is 0. The van der Waals surface area contributed by atoms with Gasteiger partial charge in [0.1, 0.15) is 5.75 Å². The molecule has 0 radical (unpaired) electrons. The number of ketones is 1. The molecule has 0 amide bonds. The van der Waals surface area contributed by atoms with Gasteiger partial charge in [-0.05, 0) is 41.3 Å². The van der Waals surface area contributed by atoms with E-state index in [0.717, 1.165) is 17.5 Å². The van der Waals surface area contributed by atoms with Gasteiger partial charge in [0, 0.05) is 12.5 Å². The Balaban J connectivity index is 1.61. The van der Waals surface area contributed by atoms with Gasteiger partial charge in [0.25, 0.3) is 0 Å².